The van der Waals surface area contributed by atoms with Crippen molar-refractivity contribution in [2.24, 2.45) is 5.92 Å². The van der Waals surface area contributed by atoms with Crippen molar-refractivity contribution < 1.29 is 9.59 Å². The van der Waals surface area contributed by atoms with E-state index in [0.29, 0.717) is 5.70 Å². The highest BCUT2D eigenvalue weighted by molar-refractivity contribution is 5.87. The van der Waals surface area contributed by atoms with Crippen molar-refractivity contribution in [3.8, 4) is 0 Å². The standard InChI is InChI=1S/C13H14N2O2/c1-8-11(9(2)16)12(15-13(17)14-8)10-6-4-3-5-7-10/h3-7,11-12H,1H2,2H3,(H2,14,15,17). The number of urea groups is 1. The van der Waals surface area contributed by atoms with Crippen molar-refractivity contribution in [1.29, 1.82) is 0 Å². The summed E-state index contributed by atoms with van der Waals surface area (Å²) in [7, 11) is 0. The molecule has 2 amide bonds. The molecular formula is C13H14N2O2. The largest absolute Gasteiger partial charge is 0.330 e. The van der Waals surface area contributed by atoms with E-state index in [4.69, 9.17) is 0 Å². The third-order valence-corrected chi connectivity index (χ3v) is 2.87. The van der Waals surface area contributed by atoms with Crippen LogP contribution in [-0.4, -0.2) is 11.8 Å². The van der Waals surface area contributed by atoms with E-state index in [1.807, 2.05) is 30.3 Å². The number of benzene rings is 1. The quantitative estimate of drug-likeness (QED) is 0.813. The van der Waals surface area contributed by atoms with Gasteiger partial charge < -0.3 is 10.6 Å². The monoisotopic (exact) mass is 230 g/mol. The molecular weight excluding hydrogens is 216 g/mol. The molecule has 4 heteroatoms. The van der Waals surface area contributed by atoms with Crippen LogP contribution in [0.4, 0.5) is 4.79 Å². The summed E-state index contributed by atoms with van der Waals surface area (Å²) in [6, 6.07) is 8.77. The Bertz CT molecular complexity index is 468. The van der Waals surface area contributed by atoms with Crippen molar-refractivity contribution in [1.82, 2.24) is 10.6 Å². The average Bonchev–Trinajstić information content (AvgIpc) is 2.28. The Kier molecular flexibility index (Phi) is 2.95. The highest BCUT2D eigenvalue weighted by atomic mass is 16.2. The van der Waals surface area contributed by atoms with Gasteiger partial charge in [-0.3, -0.25) is 4.79 Å². The van der Waals surface area contributed by atoms with Gasteiger partial charge in [0.1, 0.15) is 5.78 Å². The lowest BCUT2D eigenvalue weighted by molar-refractivity contribution is -0.120. The summed E-state index contributed by atoms with van der Waals surface area (Å²) in [4.78, 5) is 23.1. The minimum Gasteiger partial charge on any atom is -0.330 e. The Balaban J connectivity index is 2.37. The van der Waals surface area contributed by atoms with E-state index in [9.17, 15) is 9.59 Å². The molecule has 2 atom stereocenters. The molecule has 4 nitrogen and oxygen atoms in total. The molecule has 1 heterocycles. The maximum Gasteiger partial charge on any atom is 0.319 e. The maximum absolute atomic E-state index is 11.6. The zero-order chi connectivity index (χ0) is 12.4. The maximum atomic E-state index is 11.6. The van der Waals surface area contributed by atoms with E-state index in [1.165, 1.54) is 6.92 Å². The smallest absolute Gasteiger partial charge is 0.319 e. The molecule has 88 valence electrons. The summed E-state index contributed by atoms with van der Waals surface area (Å²) < 4.78 is 0. The first-order chi connectivity index (χ1) is 8.09. The van der Waals surface area contributed by atoms with Crippen LogP contribution < -0.4 is 10.6 Å². The molecule has 1 saturated heterocycles. The highest BCUT2D eigenvalue weighted by Crippen LogP contribution is 2.29. The average molecular weight is 230 g/mol. The van der Waals surface area contributed by atoms with Crippen LogP contribution in [0.25, 0.3) is 0 Å². The fourth-order valence-corrected chi connectivity index (χ4v) is 2.10. The van der Waals surface area contributed by atoms with Gasteiger partial charge in [-0.05, 0) is 12.5 Å². The third-order valence-electron chi connectivity index (χ3n) is 2.87. The SMILES string of the molecule is C=C1NC(=O)NC(c2ccccc2)C1C(C)=O. The lowest BCUT2D eigenvalue weighted by atomic mass is 9.86. The predicted octanol–water partition coefficient (Wildman–Crippen LogP) is 1.76. The Hall–Kier alpha value is -2.10. The van der Waals surface area contributed by atoms with Crippen LogP contribution in [0.1, 0.15) is 18.5 Å². The van der Waals surface area contributed by atoms with Crippen molar-refractivity contribution in [3.63, 3.8) is 0 Å². The van der Waals surface area contributed by atoms with Gasteiger partial charge >= 0.3 is 6.03 Å². The van der Waals surface area contributed by atoms with Crippen LogP contribution in [0.5, 0.6) is 0 Å². The van der Waals surface area contributed by atoms with Crippen molar-refractivity contribution in [2.45, 2.75) is 13.0 Å². The minimum atomic E-state index is -0.421. The molecule has 2 rings (SSSR count). The van der Waals surface area contributed by atoms with Crippen LogP contribution in [0.3, 0.4) is 0 Å². The second-order valence-electron chi connectivity index (χ2n) is 4.10. The number of rotatable bonds is 2. The lowest BCUT2D eigenvalue weighted by Gasteiger charge is -2.33. The second-order valence-corrected chi connectivity index (χ2v) is 4.10. The van der Waals surface area contributed by atoms with E-state index in [2.05, 4.69) is 17.2 Å². The van der Waals surface area contributed by atoms with Gasteiger partial charge in [-0.1, -0.05) is 36.9 Å². The number of amides is 2. The van der Waals surface area contributed by atoms with Gasteiger partial charge in [0.15, 0.2) is 0 Å². The molecule has 1 fully saturated rings. The fraction of sp³-hybridized carbons (Fsp3) is 0.231. The van der Waals surface area contributed by atoms with Crippen LogP contribution in [0, 0.1) is 5.92 Å². The first-order valence-corrected chi connectivity index (χ1v) is 5.41. The predicted molar refractivity (Wildman–Crippen MR) is 64.2 cm³/mol. The van der Waals surface area contributed by atoms with Crippen molar-refractivity contribution >= 4 is 11.8 Å². The molecule has 0 aromatic heterocycles. The second kappa shape index (κ2) is 4.41. The van der Waals surface area contributed by atoms with Gasteiger partial charge in [0, 0.05) is 5.70 Å². The van der Waals surface area contributed by atoms with E-state index in [-0.39, 0.29) is 17.9 Å². The molecule has 0 radical (unpaired) electrons. The van der Waals surface area contributed by atoms with Crippen LogP contribution in [0.2, 0.25) is 0 Å². The molecule has 2 unspecified atom stereocenters. The first-order valence-electron chi connectivity index (χ1n) is 5.41. The summed E-state index contributed by atoms with van der Waals surface area (Å²) in [6.07, 6.45) is 0. The van der Waals surface area contributed by atoms with Gasteiger partial charge in [-0.2, -0.15) is 0 Å². The normalized spacial score (nSPS) is 23.8. The van der Waals surface area contributed by atoms with Crippen LogP contribution in [-0.2, 0) is 4.79 Å². The molecule has 1 aromatic carbocycles. The minimum absolute atomic E-state index is 0.0173. The Morgan fingerprint density at radius 2 is 1.94 bits per heavy atom. The molecule has 0 bridgehead atoms. The molecule has 2 N–H and O–H groups in total. The molecule has 0 spiro atoms. The fourth-order valence-electron chi connectivity index (χ4n) is 2.10. The van der Waals surface area contributed by atoms with Gasteiger partial charge in [0.25, 0.3) is 0 Å². The number of nitrogens with one attached hydrogen (secondary N) is 2. The molecule has 0 saturated carbocycles. The molecule has 17 heavy (non-hydrogen) atoms. The number of carbonyl (C=O) groups excluding carboxylic acids is 2. The van der Waals surface area contributed by atoms with Gasteiger partial charge in [0.2, 0.25) is 0 Å². The summed E-state index contributed by atoms with van der Waals surface area (Å²) in [6.45, 7) is 5.26. The van der Waals surface area contributed by atoms with Gasteiger partial charge in [-0.25, -0.2) is 4.79 Å². The van der Waals surface area contributed by atoms with E-state index >= 15 is 0 Å². The number of carbonyl (C=O) groups is 2. The van der Waals surface area contributed by atoms with E-state index < -0.39 is 5.92 Å². The Morgan fingerprint density at radius 3 is 2.53 bits per heavy atom. The van der Waals surface area contributed by atoms with Gasteiger partial charge in [-0.15, -0.1) is 0 Å². The molecule has 0 aliphatic carbocycles. The van der Waals surface area contributed by atoms with Gasteiger partial charge in [0.05, 0.1) is 12.0 Å². The number of ketones is 1. The number of hydrogen-bond donors (Lipinski definition) is 2. The number of hydrogen-bond acceptors (Lipinski definition) is 2. The summed E-state index contributed by atoms with van der Waals surface area (Å²) >= 11 is 0. The summed E-state index contributed by atoms with van der Waals surface area (Å²) in [5, 5.41) is 5.31. The van der Waals surface area contributed by atoms with Crippen LogP contribution >= 0.6 is 0 Å². The summed E-state index contributed by atoms with van der Waals surface area (Å²) in [5.41, 5.74) is 1.36. The molecule has 1 aliphatic rings. The highest BCUT2D eigenvalue weighted by Gasteiger charge is 2.35. The third kappa shape index (κ3) is 2.20. The first kappa shape index (κ1) is 11.4. The zero-order valence-electron chi connectivity index (χ0n) is 9.57. The van der Waals surface area contributed by atoms with Crippen molar-refractivity contribution in [2.75, 3.05) is 0 Å². The Labute approximate surface area is 99.7 Å². The topological polar surface area (TPSA) is 58.2 Å². The van der Waals surface area contributed by atoms with Crippen molar-refractivity contribution in [3.05, 3.63) is 48.2 Å². The number of Topliss-reactive ketones (excluding diaryl/α,β-unsaturated/α-hetero) is 1. The molecule has 1 aliphatic heterocycles. The van der Waals surface area contributed by atoms with E-state index in [1.54, 1.807) is 0 Å². The molecule has 1 aromatic rings. The van der Waals surface area contributed by atoms with Crippen LogP contribution in [0.15, 0.2) is 42.6 Å². The summed E-state index contributed by atoms with van der Waals surface area (Å²) in [5.74, 6) is -0.438. The Morgan fingerprint density at radius 1 is 1.29 bits per heavy atom. The lowest BCUT2D eigenvalue weighted by Crippen LogP contribution is -2.50. The zero-order valence-corrected chi connectivity index (χ0v) is 9.57. The van der Waals surface area contributed by atoms with E-state index in [0.717, 1.165) is 5.56 Å².